The Morgan fingerprint density at radius 1 is 1.35 bits per heavy atom. The molecule has 2 aromatic rings. The molecule has 0 aromatic carbocycles. The lowest BCUT2D eigenvalue weighted by Crippen LogP contribution is -2.12. The minimum Gasteiger partial charge on any atom is -0.382 e. The Labute approximate surface area is 105 Å². The number of rotatable bonds is 3. The fourth-order valence-corrected chi connectivity index (χ4v) is 1.95. The van der Waals surface area contributed by atoms with Crippen LogP contribution in [0.25, 0.3) is 0 Å². The first-order valence-electron chi connectivity index (χ1n) is 5.42. The van der Waals surface area contributed by atoms with Crippen LogP contribution >= 0.6 is 11.6 Å². The van der Waals surface area contributed by atoms with Crippen molar-refractivity contribution in [3.63, 3.8) is 0 Å². The lowest BCUT2D eigenvalue weighted by molar-refractivity contribution is 0.204. The summed E-state index contributed by atoms with van der Waals surface area (Å²) in [6.07, 6.45) is 4.04. The molecule has 0 spiro atoms. The number of pyridine rings is 1. The van der Waals surface area contributed by atoms with Gasteiger partial charge in [0, 0.05) is 24.0 Å². The van der Waals surface area contributed by atoms with E-state index in [1.807, 2.05) is 19.9 Å². The normalized spacial score (nSPS) is 13.0. The number of aliphatic hydroxyl groups is 1. The average molecular weight is 252 g/mol. The molecule has 0 aliphatic rings. The molecule has 0 radical (unpaired) electrons. The van der Waals surface area contributed by atoms with Gasteiger partial charge in [0.05, 0.1) is 16.9 Å². The fourth-order valence-electron chi connectivity index (χ4n) is 1.71. The van der Waals surface area contributed by atoms with Gasteiger partial charge in [0.25, 0.3) is 0 Å². The lowest BCUT2D eigenvalue weighted by Gasteiger charge is -2.16. The zero-order chi connectivity index (χ0) is 12.4. The second-order valence-corrected chi connectivity index (χ2v) is 4.51. The van der Waals surface area contributed by atoms with Crippen molar-refractivity contribution in [3.05, 3.63) is 47.0 Å². The van der Waals surface area contributed by atoms with Crippen LogP contribution in [0.4, 0.5) is 0 Å². The van der Waals surface area contributed by atoms with Crippen LogP contribution in [0.3, 0.4) is 0 Å². The highest BCUT2D eigenvalue weighted by Gasteiger charge is 2.21. The standard InChI is InChI=1S/C12H14ClN3O/c1-8(2)16-11(10(13)7-15-16)12(17)9-4-3-5-14-6-9/h3-8,12,17H,1-2H3. The predicted molar refractivity (Wildman–Crippen MR) is 65.9 cm³/mol. The van der Waals surface area contributed by atoms with E-state index < -0.39 is 6.10 Å². The zero-order valence-corrected chi connectivity index (χ0v) is 10.5. The third kappa shape index (κ3) is 2.33. The molecule has 1 atom stereocenters. The first-order valence-corrected chi connectivity index (χ1v) is 5.80. The second kappa shape index (κ2) is 4.85. The van der Waals surface area contributed by atoms with E-state index in [0.29, 0.717) is 16.3 Å². The molecule has 17 heavy (non-hydrogen) atoms. The Bertz CT molecular complexity index is 496. The van der Waals surface area contributed by atoms with Gasteiger partial charge in [-0.2, -0.15) is 5.10 Å². The molecule has 0 bridgehead atoms. The maximum atomic E-state index is 10.3. The minimum absolute atomic E-state index is 0.142. The van der Waals surface area contributed by atoms with Crippen LogP contribution in [0.1, 0.15) is 37.3 Å². The van der Waals surface area contributed by atoms with Gasteiger partial charge in [-0.3, -0.25) is 9.67 Å². The highest BCUT2D eigenvalue weighted by atomic mass is 35.5. The number of nitrogens with zero attached hydrogens (tertiary/aromatic N) is 3. The maximum Gasteiger partial charge on any atom is 0.124 e. The first-order chi connectivity index (χ1) is 8.11. The van der Waals surface area contributed by atoms with Crippen LogP contribution in [0, 0.1) is 0 Å². The molecular weight excluding hydrogens is 238 g/mol. The Morgan fingerprint density at radius 2 is 2.12 bits per heavy atom. The van der Waals surface area contributed by atoms with Crippen LogP contribution in [-0.2, 0) is 0 Å². The molecular formula is C12H14ClN3O. The molecule has 0 fully saturated rings. The summed E-state index contributed by atoms with van der Waals surface area (Å²) in [6, 6.07) is 3.73. The number of aromatic nitrogens is 3. The van der Waals surface area contributed by atoms with Crippen molar-refractivity contribution in [1.82, 2.24) is 14.8 Å². The Kier molecular flexibility index (Phi) is 3.45. The molecule has 0 amide bonds. The van der Waals surface area contributed by atoms with Crippen LogP contribution in [0.5, 0.6) is 0 Å². The summed E-state index contributed by atoms with van der Waals surface area (Å²) in [5.41, 5.74) is 1.31. The molecule has 0 saturated carbocycles. The van der Waals surface area contributed by atoms with Crippen LogP contribution in [-0.4, -0.2) is 19.9 Å². The molecule has 1 unspecified atom stereocenters. The van der Waals surface area contributed by atoms with E-state index in [1.54, 1.807) is 29.3 Å². The molecule has 0 aliphatic heterocycles. The third-order valence-corrected chi connectivity index (χ3v) is 2.83. The van der Waals surface area contributed by atoms with Crippen LogP contribution in [0.2, 0.25) is 5.02 Å². The van der Waals surface area contributed by atoms with E-state index in [-0.39, 0.29) is 6.04 Å². The van der Waals surface area contributed by atoms with Crippen molar-refractivity contribution >= 4 is 11.6 Å². The molecule has 0 aliphatic carbocycles. The lowest BCUT2D eigenvalue weighted by atomic mass is 10.1. The SMILES string of the molecule is CC(C)n1ncc(Cl)c1C(O)c1cccnc1. The number of aliphatic hydroxyl groups excluding tert-OH is 1. The van der Waals surface area contributed by atoms with Gasteiger partial charge in [-0.05, 0) is 19.9 Å². The third-order valence-electron chi connectivity index (χ3n) is 2.54. The number of hydrogen-bond acceptors (Lipinski definition) is 3. The van der Waals surface area contributed by atoms with Gasteiger partial charge < -0.3 is 5.11 Å². The summed E-state index contributed by atoms with van der Waals surface area (Å²) in [4.78, 5) is 3.99. The highest BCUT2D eigenvalue weighted by molar-refractivity contribution is 6.31. The van der Waals surface area contributed by atoms with Gasteiger partial charge in [0.1, 0.15) is 6.10 Å². The topological polar surface area (TPSA) is 50.9 Å². The first kappa shape index (κ1) is 12.1. The van der Waals surface area contributed by atoms with Crippen LogP contribution < -0.4 is 0 Å². The summed E-state index contributed by atoms with van der Waals surface area (Å²) in [6.45, 7) is 3.98. The zero-order valence-electron chi connectivity index (χ0n) is 9.71. The van der Waals surface area contributed by atoms with Crippen molar-refractivity contribution in [2.75, 3.05) is 0 Å². The monoisotopic (exact) mass is 251 g/mol. The summed E-state index contributed by atoms with van der Waals surface area (Å²) >= 11 is 6.07. The van der Waals surface area contributed by atoms with E-state index in [2.05, 4.69) is 10.1 Å². The molecule has 2 aromatic heterocycles. The smallest absolute Gasteiger partial charge is 0.124 e. The van der Waals surface area contributed by atoms with Crippen molar-refractivity contribution in [1.29, 1.82) is 0 Å². The number of hydrogen-bond donors (Lipinski definition) is 1. The summed E-state index contributed by atoms with van der Waals surface area (Å²) < 4.78 is 1.72. The minimum atomic E-state index is -0.805. The van der Waals surface area contributed by atoms with Crippen molar-refractivity contribution in [2.24, 2.45) is 0 Å². The summed E-state index contributed by atoms with van der Waals surface area (Å²) in [7, 11) is 0. The van der Waals surface area contributed by atoms with Crippen molar-refractivity contribution in [3.8, 4) is 0 Å². The Balaban J connectivity index is 2.43. The van der Waals surface area contributed by atoms with E-state index in [4.69, 9.17) is 11.6 Å². The van der Waals surface area contributed by atoms with E-state index in [9.17, 15) is 5.11 Å². The molecule has 5 heteroatoms. The van der Waals surface area contributed by atoms with E-state index in [0.717, 1.165) is 0 Å². The fraction of sp³-hybridized carbons (Fsp3) is 0.333. The Hall–Kier alpha value is -1.39. The van der Waals surface area contributed by atoms with Gasteiger partial charge in [0.15, 0.2) is 0 Å². The molecule has 2 heterocycles. The van der Waals surface area contributed by atoms with E-state index >= 15 is 0 Å². The molecule has 4 nitrogen and oxygen atoms in total. The molecule has 90 valence electrons. The molecule has 2 rings (SSSR count). The van der Waals surface area contributed by atoms with Gasteiger partial charge >= 0.3 is 0 Å². The quantitative estimate of drug-likeness (QED) is 0.912. The van der Waals surface area contributed by atoms with Gasteiger partial charge in [-0.15, -0.1) is 0 Å². The van der Waals surface area contributed by atoms with Gasteiger partial charge in [-0.25, -0.2) is 0 Å². The molecule has 1 N–H and O–H groups in total. The van der Waals surface area contributed by atoms with Crippen molar-refractivity contribution < 1.29 is 5.11 Å². The van der Waals surface area contributed by atoms with Gasteiger partial charge in [-0.1, -0.05) is 17.7 Å². The highest BCUT2D eigenvalue weighted by Crippen LogP contribution is 2.29. The van der Waals surface area contributed by atoms with Gasteiger partial charge in [0.2, 0.25) is 0 Å². The Morgan fingerprint density at radius 3 is 2.71 bits per heavy atom. The largest absolute Gasteiger partial charge is 0.382 e. The second-order valence-electron chi connectivity index (χ2n) is 4.10. The molecule has 0 saturated heterocycles. The van der Waals surface area contributed by atoms with Crippen molar-refractivity contribution in [2.45, 2.75) is 26.0 Å². The number of halogens is 1. The maximum absolute atomic E-state index is 10.3. The summed E-state index contributed by atoms with van der Waals surface area (Å²) in [5.74, 6) is 0. The predicted octanol–water partition coefficient (Wildman–Crippen LogP) is 2.59. The average Bonchev–Trinajstić information content (AvgIpc) is 2.71. The van der Waals surface area contributed by atoms with E-state index in [1.165, 1.54) is 0 Å². The summed E-state index contributed by atoms with van der Waals surface area (Å²) in [5, 5.41) is 14.9. The van der Waals surface area contributed by atoms with Crippen LogP contribution in [0.15, 0.2) is 30.7 Å².